The van der Waals surface area contributed by atoms with Gasteiger partial charge in [0.1, 0.15) is 5.82 Å². The van der Waals surface area contributed by atoms with Crippen molar-refractivity contribution in [3.63, 3.8) is 0 Å². The van der Waals surface area contributed by atoms with E-state index >= 15 is 0 Å². The van der Waals surface area contributed by atoms with Crippen molar-refractivity contribution in [1.29, 1.82) is 0 Å². The first kappa shape index (κ1) is 20.9. The molecule has 1 heterocycles. The lowest BCUT2D eigenvalue weighted by Crippen LogP contribution is -2.44. The zero-order chi connectivity index (χ0) is 21.3. The van der Waals surface area contributed by atoms with E-state index in [0.717, 1.165) is 12.1 Å². The van der Waals surface area contributed by atoms with Crippen LogP contribution in [0.3, 0.4) is 0 Å². The smallest absolute Gasteiger partial charge is 0.416 e. The topological polar surface area (TPSA) is 49.8 Å². The monoisotopic (exact) mass is 409 g/mol. The number of fused-ring (bicyclic) bond motifs is 1. The van der Waals surface area contributed by atoms with Crippen LogP contribution in [0.5, 0.6) is 0 Å². The van der Waals surface area contributed by atoms with E-state index in [2.05, 4.69) is 0 Å². The molecule has 2 aromatic rings. The summed E-state index contributed by atoms with van der Waals surface area (Å²) in [4.78, 5) is 13.4. The standard InChI is InChI=1S/C21H19F4NO3/c1-3-29-19-18(20(27)28)12(2)16-9-6-14(21(23,24)25)10-17(16)26(19)11-13-4-7-15(22)8-5-13/h4-10,19H,3,11H2,1-2H3,(H,27,28). The molecule has 0 fully saturated rings. The summed E-state index contributed by atoms with van der Waals surface area (Å²) in [6, 6.07) is 8.67. The van der Waals surface area contributed by atoms with Crippen LogP contribution in [0.25, 0.3) is 5.57 Å². The summed E-state index contributed by atoms with van der Waals surface area (Å²) in [5, 5.41) is 9.74. The van der Waals surface area contributed by atoms with Crippen LogP contribution in [0.4, 0.5) is 23.2 Å². The number of aliphatic carboxylic acids is 1. The minimum atomic E-state index is -4.55. The number of halogens is 4. The number of carboxylic acids is 1. The van der Waals surface area contributed by atoms with Crippen molar-refractivity contribution in [2.45, 2.75) is 32.8 Å². The highest BCUT2D eigenvalue weighted by Gasteiger charge is 2.38. The molecule has 3 rings (SSSR count). The van der Waals surface area contributed by atoms with Crippen molar-refractivity contribution in [3.05, 3.63) is 70.5 Å². The number of carboxylic acid groups (broad SMARTS) is 1. The van der Waals surface area contributed by atoms with Gasteiger partial charge in [-0.2, -0.15) is 13.2 Å². The summed E-state index contributed by atoms with van der Waals surface area (Å²) < 4.78 is 58.8. The Morgan fingerprint density at radius 3 is 2.38 bits per heavy atom. The molecular formula is C21H19F4NO3. The number of anilines is 1. The van der Waals surface area contributed by atoms with Gasteiger partial charge in [0.15, 0.2) is 6.23 Å². The molecule has 0 aliphatic carbocycles. The molecule has 1 atom stereocenters. The fraction of sp³-hybridized carbons (Fsp3) is 0.286. The quantitative estimate of drug-likeness (QED) is 0.700. The van der Waals surface area contributed by atoms with Crippen LogP contribution in [-0.2, 0) is 22.3 Å². The van der Waals surface area contributed by atoms with Gasteiger partial charge in [-0.1, -0.05) is 18.2 Å². The SMILES string of the molecule is CCOC1C(C(=O)O)=C(C)c2ccc(C(F)(F)F)cc2N1Cc1ccc(F)cc1. The minimum absolute atomic E-state index is 0.0405. The first-order valence-electron chi connectivity index (χ1n) is 8.91. The van der Waals surface area contributed by atoms with Crippen LogP contribution >= 0.6 is 0 Å². The van der Waals surface area contributed by atoms with Gasteiger partial charge in [0.25, 0.3) is 0 Å². The van der Waals surface area contributed by atoms with Gasteiger partial charge >= 0.3 is 12.1 Å². The summed E-state index contributed by atoms with van der Waals surface area (Å²) in [5.41, 5.74) is 0.653. The highest BCUT2D eigenvalue weighted by atomic mass is 19.4. The molecule has 0 amide bonds. The predicted octanol–water partition coefficient (Wildman–Crippen LogP) is 5.09. The maximum atomic E-state index is 13.3. The molecule has 0 spiro atoms. The Labute approximate surface area is 165 Å². The number of hydrogen-bond acceptors (Lipinski definition) is 3. The van der Waals surface area contributed by atoms with Crippen molar-refractivity contribution in [2.75, 3.05) is 11.5 Å². The number of rotatable bonds is 5. The number of hydrogen-bond donors (Lipinski definition) is 1. The third-order valence-corrected chi connectivity index (χ3v) is 4.79. The van der Waals surface area contributed by atoms with E-state index in [-0.39, 0.29) is 24.4 Å². The molecule has 2 aromatic carbocycles. The van der Waals surface area contributed by atoms with E-state index in [1.165, 1.54) is 35.2 Å². The fourth-order valence-electron chi connectivity index (χ4n) is 3.43. The van der Waals surface area contributed by atoms with Crippen LogP contribution in [0.2, 0.25) is 0 Å². The largest absolute Gasteiger partial charge is 0.478 e. The van der Waals surface area contributed by atoms with Gasteiger partial charge < -0.3 is 14.7 Å². The molecule has 1 aliphatic heterocycles. The lowest BCUT2D eigenvalue weighted by Gasteiger charge is -2.39. The van der Waals surface area contributed by atoms with E-state index in [4.69, 9.17) is 4.74 Å². The number of ether oxygens (including phenoxy) is 1. The second-order valence-electron chi connectivity index (χ2n) is 6.64. The van der Waals surface area contributed by atoms with E-state index in [1.807, 2.05) is 0 Å². The molecule has 29 heavy (non-hydrogen) atoms. The Kier molecular flexibility index (Phi) is 5.66. The van der Waals surface area contributed by atoms with Crippen molar-refractivity contribution in [1.82, 2.24) is 0 Å². The number of benzene rings is 2. The Morgan fingerprint density at radius 1 is 1.17 bits per heavy atom. The normalized spacial score (nSPS) is 16.8. The summed E-state index contributed by atoms with van der Waals surface area (Å²) in [6.07, 6.45) is -5.64. The van der Waals surface area contributed by atoms with Crippen LogP contribution < -0.4 is 4.90 Å². The van der Waals surface area contributed by atoms with E-state index in [1.54, 1.807) is 13.8 Å². The molecule has 0 radical (unpaired) electrons. The van der Waals surface area contributed by atoms with Gasteiger partial charge in [-0.25, -0.2) is 9.18 Å². The van der Waals surface area contributed by atoms with E-state index in [9.17, 15) is 27.5 Å². The maximum absolute atomic E-state index is 13.3. The summed E-state index contributed by atoms with van der Waals surface area (Å²) >= 11 is 0. The van der Waals surface area contributed by atoms with E-state index in [0.29, 0.717) is 16.7 Å². The Hall–Kier alpha value is -2.87. The Morgan fingerprint density at radius 2 is 1.83 bits per heavy atom. The van der Waals surface area contributed by atoms with Gasteiger partial charge in [-0.3, -0.25) is 0 Å². The van der Waals surface area contributed by atoms with Crippen LogP contribution in [-0.4, -0.2) is 23.9 Å². The first-order chi connectivity index (χ1) is 13.6. The highest BCUT2D eigenvalue weighted by Crippen LogP contribution is 2.42. The average molecular weight is 409 g/mol. The molecular weight excluding hydrogens is 390 g/mol. The van der Waals surface area contributed by atoms with Crippen molar-refractivity contribution < 1.29 is 32.2 Å². The van der Waals surface area contributed by atoms with Gasteiger partial charge in [0, 0.05) is 24.4 Å². The molecule has 0 saturated heterocycles. The molecule has 0 bridgehead atoms. The lowest BCUT2D eigenvalue weighted by atomic mass is 9.91. The zero-order valence-corrected chi connectivity index (χ0v) is 15.8. The predicted molar refractivity (Wildman–Crippen MR) is 99.7 cm³/mol. The second kappa shape index (κ2) is 7.87. The summed E-state index contributed by atoms with van der Waals surface area (Å²) in [7, 11) is 0. The highest BCUT2D eigenvalue weighted by molar-refractivity contribution is 6.01. The molecule has 0 saturated carbocycles. The van der Waals surface area contributed by atoms with Crippen LogP contribution in [0.1, 0.15) is 30.5 Å². The van der Waals surface area contributed by atoms with Crippen LogP contribution in [0.15, 0.2) is 48.0 Å². The van der Waals surface area contributed by atoms with Crippen molar-refractivity contribution >= 4 is 17.2 Å². The fourth-order valence-corrected chi connectivity index (χ4v) is 3.43. The third-order valence-electron chi connectivity index (χ3n) is 4.79. The molecule has 1 N–H and O–H groups in total. The molecule has 8 heteroatoms. The number of alkyl halides is 3. The lowest BCUT2D eigenvalue weighted by molar-refractivity contribution is -0.138. The van der Waals surface area contributed by atoms with Crippen molar-refractivity contribution in [2.24, 2.45) is 0 Å². The number of allylic oxidation sites excluding steroid dienone is 1. The maximum Gasteiger partial charge on any atom is 0.416 e. The summed E-state index contributed by atoms with van der Waals surface area (Å²) in [6.45, 7) is 3.43. The third kappa shape index (κ3) is 4.12. The Bertz CT molecular complexity index is 951. The number of carbonyl (C=O) groups is 1. The van der Waals surface area contributed by atoms with Gasteiger partial charge in [0.05, 0.1) is 11.1 Å². The van der Waals surface area contributed by atoms with Crippen molar-refractivity contribution in [3.8, 4) is 0 Å². The van der Waals surface area contributed by atoms with Gasteiger partial charge in [-0.15, -0.1) is 0 Å². The first-order valence-corrected chi connectivity index (χ1v) is 8.91. The average Bonchev–Trinajstić information content (AvgIpc) is 2.65. The Balaban J connectivity index is 2.19. The second-order valence-corrected chi connectivity index (χ2v) is 6.64. The zero-order valence-electron chi connectivity index (χ0n) is 15.8. The molecule has 0 aromatic heterocycles. The molecule has 154 valence electrons. The van der Waals surface area contributed by atoms with Gasteiger partial charge in [0.2, 0.25) is 0 Å². The molecule has 1 aliphatic rings. The molecule has 1 unspecified atom stereocenters. The minimum Gasteiger partial charge on any atom is -0.478 e. The molecule has 4 nitrogen and oxygen atoms in total. The number of nitrogens with zero attached hydrogens (tertiary/aromatic N) is 1. The van der Waals surface area contributed by atoms with Crippen LogP contribution in [0, 0.1) is 5.82 Å². The van der Waals surface area contributed by atoms with E-state index < -0.39 is 29.8 Å². The summed E-state index contributed by atoms with van der Waals surface area (Å²) in [5.74, 6) is -1.66. The van der Waals surface area contributed by atoms with Gasteiger partial charge in [-0.05, 0) is 49.2 Å².